The number of hydrogen-bond acceptors (Lipinski definition) is 5. The number of piperazine rings is 1. The molecule has 7 nitrogen and oxygen atoms in total. The largest absolute Gasteiger partial charge is 0.492 e. The van der Waals surface area contributed by atoms with Gasteiger partial charge in [0.25, 0.3) is 5.56 Å². The van der Waals surface area contributed by atoms with Crippen LogP contribution in [-0.4, -0.2) is 53.8 Å². The van der Waals surface area contributed by atoms with Crippen LogP contribution < -0.4 is 20.9 Å². The van der Waals surface area contributed by atoms with Gasteiger partial charge in [-0.25, -0.2) is 4.79 Å². The zero-order valence-electron chi connectivity index (χ0n) is 18.0. The average Bonchev–Trinajstić information content (AvgIpc) is 2.79. The Morgan fingerprint density at radius 2 is 1.61 bits per heavy atom. The van der Waals surface area contributed by atoms with Gasteiger partial charge in [0, 0.05) is 32.7 Å². The second-order valence-electron chi connectivity index (χ2n) is 7.86. The number of aromatic amines is 1. The highest BCUT2D eigenvalue weighted by atomic mass is 16.5. The van der Waals surface area contributed by atoms with Crippen molar-refractivity contribution >= 4 is 16.6 Å². The van der Waals surface area contributed by atoms with Crippen molar-refractivity contribution in [2.24, 2.45) is 0 Å². The number of rotatable bonds is 8. The molecule has 0 bridgehead atoms. The Morgan fingerprint density at radius 1 is 0.903 bits per heavy atom. The first-order valence-electron chi connectivity index (χ1n) is 11.1. The highest BCUT2D eigenvalue weighted by Crippen LogP contribution is 2.28. The quantitative estimate of drug-likeness (QED) is 0.565. The Balaban J connectivity index is 1.29. The smallest absolute Gasteiger partial charge is 0.328 e. The van der Waals surface area contributed by atoms with Crippen LogP contribution in [0, 0.1) is 0 Å². The van der Waals surface area contributed by atoms with Crippen LogP contribution in [0.15, 0.2) is 58.1 Å². The molecule has 1 N–H and O–H groups in total. The third-order valence-electron chi connectivity index (χ3n) is 5.89. The first-order valence-corrected chi connectivity index (χ1v) is 11.1. The van der Waals surface area contributed by atoms with Crippen molar-refractivity contribution in [3.63, 3.8) is 0 Å². The number of H-pyrrole nitrogens is 1. The number of aryl methyl sites for hydroxylation is 1. The summed E-state index contributed by atoms with van der Waals surface area (Å²) in [5.41, 5.74) is 1.23. The lowest BCUT2D eigenvalue weighted by molar-refractivity contribution is 0.250. The maximum Gasteiger partial charge on any atom is 0.328 e. The van der Waals surface area contributed by atoms with Gasteiger partial charge in [0.1, 0.15) is 5.75 Å². The normalized spacial score (nSPS) is 14.8. The number of ether oxygens (including phenoxy) is 1. The topological polar surface area (TPSA) is 70.6 Å². The Labute approximate surface area is 181 Å². The second kappa shape index (κ2) is 9.83. The Kier molecular flexibility index (Phi) is 6.72. The lowest BCUT2D eigenvalue weighted by atomic mass is 10.2. The second-order valence-corrected chi connectivity index (χ2v) is 7.86. The molecule has 3 aromatic rings. The van der Waals surface area contributed by atoms with E-state index in [1.165, 1.54) is 5.69 Å². The van der Waals surface area contributed by atoms with Gasteiger partial charge in [0.05, 0.1) is 23.2 Å². The molecule has 0 saturated carbocycles. The number of fused-ring (bicyclic) bond motifs is 1. The highest BCUT2D eigenvalue weighted by Gasteiger charge is 2.19. The van der Waals surface area contributed by atoms with Gasteiger partial charge in [-0.2, -0.15) is 0 Å². The molecule has 0 atom stereocenters. The molecule has 1 aromatic heterocycles. The third-order valence-corrected chi connectivity index (χ3v) is 5.89. The molecule has 0 aliphatic carbocycles. The molecule has 2 aromatic carbocycles. The van der Waals surface area contributed by atoms with E-state index in [2.05, 4.69) is 26.9 Å². The van der Waals surface area contributed by atoms with Crippen molar-refractivity contribution in [2.75, 3.05) is 44.2 Å². The third kappa shape index (κ3) is 4.82. The fourth-order valence-electron chi connectivity index (χ4n) is 4.28. The van der Waals surface area contributed by atoms with Crippen molar-refractivity contribution in [3.05, 3.63) is 69.4 Å². The van der Waals surface area contributed by atoms with Crippen LogP contribution in [0.4, 0.5) is 5.69 Å². The zero-order valence-corrected chi connectivity index (χ0v) is 18.0. The Hall–Kier alpha value is -3.06. The Bertz CT molecular complexity index is 1130. The van der Waals surface area contributed by atoms with E-state index in [0.29, 0.717) is 24.1 Å². The van der Waals surface area contributed by atoms with Gasteiger partial charge in [-0.15, -0.1) is 0 Å². The standard InChI is InChI=1S/C24H30N4O3/c1-2-31-22-12-6-5-11-21(22)27-17-15-26(16-18-27)13-7-8-14-28-20-10-4-3-9-19(20)23(29)25-24(28)30/h3-6,9-12H,2,7-8,13-18H2,1H3,(H,25,29,30). The molecule has 31 heavy (non-hydrogen) atoms. The van der Waals surface area contributed by atoms with E-state index >= 15 is 0 Å². The molecule has 0 radical (unpaired) electrons. The van der Waals surface area contributed by atoms with E-state index in [1.54, 1.807) is 10.6 Å². The van der Waals surface area contributed by atoms with Gasteiger partial charge in [0.15, 0.2) is 0 Å². The highest BCUT2D eigenvalue weighted by molar-refractivity contribution is 5.77. The van der Waals surface area contributed by atoms with Crippen molar-refractivity contribution in [2.45, 2.75) is 26.3 Å². The number of hydrogen-bond donors (Lipinski definition) is 1. The average molecular weight is 423 g/mol. The molecule has 4 rings (SSSR count). The molecular weight excluding hydrogens is 392 g/mol. The molecule has 2 heterocycles. The number of nitrogens with zero attached hydrogens (tertiary/aromatic N) is 3. The molecule has 0 unspecified atom stereocenters. The minimum absolute atomic E-state index is 0.319. The molecule has 1 aliphatic heterocycles. The molecule has 1 saturated heterocycles. The van der Waals surface area contributed by atoms with Crippen LogP contribution in [0.2, 0.25) is 0 Å². The van der Waals surface area contributed by atoms with E-state index in [9.17, 15) is 9.59 Å². The van der Waals surface area contributed by atoms with Crippen LogP contribution in [0.25, 0.3) is 10.9 Å². The maximum atomic E-state index is 12.3. The van der Waals surface area contributed by atoms with E-state index in [4.69, 9.17) is 4.74 Å². The number of unbranched alkanes of at least 4 members (excludes halogenated alkanes) is 1. The molecule has 0 spiro atoms. The summed E-state index contributed by atoms with van der Waals surface area (Å²) < 4.78 is 7.46. The molecule has 7 heteroatoms. The number of para-hydroxylation sites is 3. The van der Waals surface area contributed by atoms with Crippen LogP contribution in [0.3, 0.4) is 0 Å². The molecule has 0 amide bonds. The Morgan fingerprint density at radius 3 is 2.42 bits per heavy atom. The van der Waals surface area contributed by atoms with Crippen LogP contribution in [0.1, 0.15) is 19.8 Å². The van der Waals surface area contributed by atoms with E-state index in [-0.39, 0.29) is 11.2 Å². The number of benzene rings is 2. The van der Waals surface area contributed by atoms with Gasteiger partial charge < -0.3 is 9.64 Å². The predicted molar refractivity (Wildman–Crippen MR) is 124 cm³/mol. The SMILES string of the molecule is CCOc1ccccc1N1CCN(CCCCn2c(=O)[nH]c(=O)c3ccccc32)CC1. The predicted octanol–water partition coefficient (Wildman–Crippen LogP) is 2.69. The van der Waals surface area contributed by atoms with Crippen molar-refractivity contribution < 1.29 is 4.74 Å². The summed E-state index contributed by atoms with van der Waals surface area (Å²) in [5, 5.41) is 0.561. The van der Waals surface area contributed by atoms with Crippen LogP contribution in [0.5, 0.6) is 5.75 Å². The fourth-order valence-corrected chi connectivity index (χ4v) is 4.28. The zero-order chi connectivity index (χ0) is 21.6. The monoisotopic (exact) mass is 422 g/mol. The van der Waals surface area contributed by atoms with E-state index < -0.39 is 0 Å². The summed E-state index contributed by atoms with van der Waals surface area (Å²) >= 11 is 0. The summed E-state index contributed by atoms with van der Waals surface area (Å²) in [4.78, 5) is 31.6. The molecule has 1 fully saturated rings. The van der Waals surface area contributed by atoms with Crippen LogP contribution >= 0.6 is 0 Å². The molecule has 1 aliphatic rings. The number of nitrogens with one attached hydrogen (secondary N) is 1. The lowest BCUT2D eigenvalue weighted by Gasteiger charge is -2.36. The van der Waals surface area contributed by atoms with Crippen molar-refractivity contribution in [1.29, 1.82) is 0 Å². The summed E-state index contributed by atoms with van der Waals surface area (Å²) in [6, 6.07) is 15.5. The van der Waals surface area contributed by atoms with Gasteiger partial charge >= 0.3 is 5.69 Å². The summed E-state index contributed by atoms with van der Waals surface area (Å²) in [6.07, 6.45) is 1.90. The van der Waals surface area contributed by atoms with Gasteiger partial charge in [-0.1, -0.05) is 24.3 Å². The van der Waals surface area contributed by atoms with Crippen molar-refractivity contribution in [1.82, 2.24) is 14.5 Å². The van der Waals surface area contributed by atoms with E-state index in [1.807, 2.05) is 37.3 Å². The lowest BCUT2D eigenvalue weighted by Crippen LogP contribution is -2.46. The minimum Gasteiger partial charge on any atom is -0.492 e. The fraction of sp³-hybridized carbons (Fsp3) is 0.417. The van der Waals surface area contributed by atoms with Gasteiger partial charge in [0.2, 0.25) is 0 Å². The van der Waals surface area contributed by atoms with Crippen molar-refractivity contribution in [3.8, 4) is 5.75 Å². The number of aromatic nitrogens is 2. The minimum atomic E-state index is -0.328. The summed E-state index contributed by atoms with van der Waals surface area (Å²) in [5.74, 6) is 0.956. The van der Waals surface area contributed by atoms with E-state index in [0.717, 1.165) is 51.3 Å². The van der Waals surface area contributed by atoms with Crippen LogP contribution in [-0.2, 0) is 6.54 Å². The molecular formula is C24H30N4O3. The van der Waals surface area contributed by atoms with Gasteiger partial charge in [-0.05, 0) is 50.6 Å². The maximum absolute atomic E-state index is 12.3. The number of anilines is 1. The first kappa shape index (κ1) is 21.2. The first-order chi connectivity index (χ1) is 15.2. The van der Waals surface area contributed by atoms with Gasteiger partial charge in [-0.3, -0.25) is 19.2 Å². The summed E-state index contributed by atoms with van der Waals surface area (Å²) in [7, 11) is 0. The molecule has 164 valence electrons. The summed E-state index contributed by atoms with van der Waals surface area (Å²) in [6.45, 7) is 8.30.